The van der Waals surface area contributed by atoms with Crippen LogP contribution in [-0.4, -0.2) is 37.4 Å². The molecule has 0 aliphatic heterocycles. The third-order valence-electron chi connectivity index (χ3n) is 3.11. The second-order valence-electron chi connectivity index (χ2n) is 6.22. The summed E-state index contributed by atoms with van der Waals surface area (Å²) in [4.78, 5) is 11.4. The van der Waals surface area contributed by atoms with E-state index in [1.807, 2.05) is 20.8 Å². The van der Waals surface area contributed by atoms with Gasteiger partial charge in [0.05, 0.1) is 19.1 Å². The van der Waals surface area contributed by atoms with Gasteiger partial charge in [-0.25, -0.2) is 0 Å². The number of nitrogens with one attached hydrogen (secondary N) is 1. The van der Waals surface area contributed by atoms with Crippen molar-refractivity contribution < 1.29 is 14.3 Å². The summed E-state index contributed by atoms with van der Waals surface area (Å²) in [5.74, 6) is -0.145. The van der Waals surface area contributed by atoms with E-state index in [2.05, 4.69) is 5.32 Å². The van der Waals surface area contributed by atoms with Crippen molar-refractivity contribution in [3.63, 3.8) is 0 Å². The quantitative estimate of drug-likeness (QED) is 0.571. The van der Waals surface area contributed by atoms with E-state index < -0.39 is 0 Å². The van der Waals surface area contributed by atoms with Crippen LogP contribution in [0, 0.1) is 0 Å². The van der Waals surface area contributed by atoms with Crippen LogP contribution >= 0.6 is 0 Å². The molecule has 0 unspecified atom stereocenters. The van der Waals surface area contributed by atoms with Crippen LogP contribution in [0.5, 0.6) is 0 Å². The fraction of sp³-hybridized carbons (Fsp3) is 0.933. The molecule has 1 fully saturated rings. The molecule has 0 bridgehead atoms. The first-order valence-electron chi connectivity index (χ1n) is 7.51. The van der Waals surface area contributed by atoms with E-state index in [-0.39, 0.29) is 11.6 Å². The second kappa shape index (κ2) is 8.54. The van der Waals surface area contributed by atoms with Crippen LogP contribution in [0.4, 0.5) is 0 Å². The number of hydrogen-bond donors (Lipinski definition) is 1. The highest BCUT2D eigenvalue weighted by Crippen LogP contribution is 2.19. The molecule has 0 aromatic heterocycles. The zero-order chi connectivity index (χ0) is 14.1. The minimum Gasteiger partial charge on any atom is -0.460 e. The first-order valence-corrected chi connectivity index (χ1v) is 7.51. The van der Waals surface area contributed by atoms with E-state index in [0.29, 0.717) is 19.1 Å². The summed E-state index contributed by atoms with van der Waals surface area (Å²) in [5.41, 5.74) is -0.388. The van der Waals surface area contributed by atoms with Gasteiger partial charge in [-0.3, -0.25) is 4.79 Å². The van der Waals surface area contributed by atoms with E-state index in [4.69, 9.17) is 9.47 Å². The van der Waals surface area contributed by atoms with Gasteiger partial charge in [-0.15, -0.1) is 0 Å². The van der Waals surface area contributed by atoms with Crippen molar-refractivity contribution >= 4 is 5.97 Å². The van der Waals surface area contributed by atoms with Crippen LogP contribution in [-0.2, 0) is 14.3 Å². The number of carbonyl (C=O) groups is 1. The first kappa shape index (κ1) is 16.4. The summed E-state index contributed by atoms with van der Waals surface area (Å²) in [6.45, 7) is 7.85. The minimum absolute atomic E-state index is 0.145. The molecule has 0 heterocycles. The van der Waals surface area contributed by atoms with Crippen molar-refractivity contribution in [2.75, 3.05) is 19.7 Å². The van der Waals surface area contributed by atoms with Crippen molar-refractivity contribution in [2.24, 2.45) is 0 Å². The fourth-order valence-electron chi connectivity index (χ4n) is 2.24. The smallest absolute Gasteiger partial charge is 0.307 e. The second-order valence-corrected chi connectivity index (χ2v) is 6.22. The van der Waals surface area contributed by atoms with Crippen LogP contribution in [0.25, 0.3) is 0 Å². The minimum atomic E-state index is -0.388. The van der Waals surface area contributed by atoms with Crippen molar-refractivity contribution in [1.29, 1.82) is 0 Å². The highest BCUT2D eigenvalue weighted by atomic mass is 16.6. The van der Waals surface area contributed by atoms with Crippen molar-refractivity contribution in [3.8, 4) is 0 Å². The molecule has 112 valence electrons. The molecule has 19 heavy (non-hydrogen) atoms. The maximum absolute atomic E-state index is 11.4. The lowest BCUT2D eigenvalue weighted by Crippen LogP contribution is -2.29. The van der Waals surface area contributed by atoms with Crippen LogP contribution in [0.3, 0.4) is 0 Å². The molecule has 0 atom stereocenters. The molecule has 4 heteroatoms. The lowest BCUT2D eigenvalue weighted by Gasteiger charge is -2.22. The van der Waals surface area contributed by atoms with E-state index >= 15 is 0 Å². The zero-order valence-electron chi connectivity index (χ0n) is 12.7. The summed E-state index contributed by atoms with van der Waals surface area (Å²) < 4.78 is 11.0. The molecular weight excluding hydrogens is 242 g/mol. The van der Waals surface area contributed by atoms with Crippen LogP contribution in [0.1, 0.15) is 59.3 Å². The highest BCUT2D eigenvalue weighted by Gasteiger charge is 2.15. The number of hydrogen-bond acceptors (Lipinski definition) is 4. The highest BCUT2D eigenvalue weighted by molar-refractivity contribution is 5.70. The Hall–Kier alpha value is -0.610. The van der Waals surface area contributed by atoms with Crippen LogP contribution < -0.4 is 5.32 Å². The standard InChI is InChI=1S/C15H29NO3/c1-15(2,3)19-14(17)9-10-16-11-12-18-13-7-5-4-6-8-13/h13,16H,4-12H2,1-3H3. The molecule has 0 aromatic carbocycles. The van der Waals surface area contributed by atoms with Gasteiger partial charge in [0.1, 0.15) is 5.60 Å². The molecule has 0 saturated heterocycles. The molecule has 1 aliphatic rings. The van der Waals surface area contributed by atoms with E-state index in [0.717, 1.165) is 13.2 Å². The molecule has 1 N–H and O–H groups in total. The topological polar surface area (TPSA) is 47.6 Å². The van der Waals surface area contributed by atoms with Gasteiger partial charge >= 0.3 is 5.97 Å². The van der Waals surface area contributed by atoms with Crippen molar-refractivity contribution in [2.45, 2.75) is 71.0 Å². The van der Waals surface area contributed by atoms with Gasteiger partial charge in [0.15, 0.2) is 0 Å². The van der Waals surface area contributed by atoms with Gasteiger partial charge in [0, 0.05) is 13.1 Å². The fourth-order valence-corrected chi connectivity index (χ4v) is 2.24. The lowest BCUT2D eigenvalue weighted by molar-refractivity contribution is -0.154. The first-order chi connectivity index (χ1) is 8.97. The molecule has 0 aromatic rings. The average Bonchev–Trinajstić information content (AvgIpc) is 2.32. The Morgan fingerprint density at radius 2 is 1.84 bits per heavy atom. The Kier molecular flexibility index (Phi) is 7.39. The maximum atomic E-state index is 11.4. The zero-order valence-corrected chi connectivity index (χ0v) is 12.7. The average molecular weight is 271 g/mol. The number of ether oxygens (including phenoxy) is 2. The molecule has 1 rings (SSSR count). The molecule has 0 amide bonds. The summed E-state index contributed by atoms with van der Waals surface area (Å²) in [5, 5.41) is 3.22. The SMILES string of the molecule is CC(C)(C)OC(=O)CCNCCOC1CCCCC1. The third kappa shape index (κ3) is 9.00. The van der Waals surface area contributed by atoms with Gasteiger partial charge < -0.3 is 14.8 Å². The van der Waals surface area contributed by atoms with Crippen LogP contribution in [0.15, 0.2) is 0 Å². The van der Waals surface area contributed by atoms with E-state index in [1.54, 1.807) is 0 Å². The van der Waals surface area contributed by atoms with Gasteiger partial charge in [0.2, 0.25) is 0 Å². The molecule has 1 aliphatic carbocycles. The molecule has 1 saturated carbocycles. The number of esters is 1. The summed E-state index contributed by atoms with van der Waals surface area (Å²) in [6, 6.07) is 0. The van der Waals surface area contributed by atoms with Crippen molar-refractivity contribution in [1.82, 2.24) is 5.32 Å². The van der Waals surface area contributed by atoms with Crippen molar-refractivity contribution in [3.05, 3.63) is 0 Å². The Morgan fingerprint density at radius 3 is 2.47 bits per heavy atom. The van der Waals surface area contributed by atoms with E-state index in [9.17, 15) is 4.79 Å². The van der Waals surface area contributed by atoms with E-state index in [1.165, 1.54) is 32.1 Å². The third-order valence-corrected chi connectivity index (χ3v) is 3.11. The predicted octanol–water partition coefficient (Wildman–Crippen LogP) is 2.66. The Labute approximate surface area is 117 Å². The largest absolute Gasteiger partial charge is 0.460 e. The molecule has 4 nitrogen and oxygen atoms in total. The molecular formula is C15H29NO3. The van der Waals surface area contributed by atoms with Gasteiger partial charge in [0.25, 0.3) is 0 Å². The Morgan fingerprint density at radius 1 is 1.16 bits per heavy atom. The lowest BCUT2D eigenvalue weighted by atomic mass is 9.98. The van der Waals surface area contributed by atoms with Gasteiger partial charge in [-0.05, 0) is 33.6 Å². The van der Waals surface area contributed by atoms with Gasteiger partial charge in [-0.1, -0.05) is 19.3 Å². The maximum Gasteiger partial charge on any atom is 0.307 e. The van der Waals surface area contributed by atoms with Crippen LogP contribution in [0.2, 0.25) is 0 Å². The monoisotopic (exact) mass is 271 g/mol. The van der Waals surface area contributed by atoms with Gasteiger partial charge in [-0.2, -0.15) is 0 Å². The summed E-state index contributed by atoms with van der Waals surface area (Å²) >= 11 is 0. The summed E-state index contributed by atoms with van der Waals surface area (Å²) in [6.07, 6.45) is 7.25. The molecule has 0 radical (unpaired) electrons. The normalized spacial score (nSPS) is 17.4. The Bertz CT molecular complexity index is 255. The number of carbonyl (C=O) groups excluding carboxylic acids is 1. The Balaban J connectivity index is 1.92. The molecule has 0 spiro atoms. The predicted molar refractivity (Wildman–Crippen MR) is 76.2 cm³/mol. The summed E-state index contributed by atoms with van der Waals surface area (Å²) in [7, 11) is 0. The number of rotatable bonds is 7.